The smallest absolute Gasteiger partial charge is 0.239 e. The molecule has 0 bridgehead atoms. The summed E-state index contributed by atoms with van der Waals surface area (Å²) >= 11 is 3.65. The van der Waals surface area contributed by atoms with Crippen molar-refractivity contribution in [1.82, 2.24) is 29.7 Å². The van der Waals surface area contributed by atoms with E-state index in [-0.39, 0.29) is 0 Å². The number of hydrogen-bond acceptors (Lipinski definition) is 10. The predicted molar refractivity (Wildman–Crippen MR) is 196 cm³/mol. The second-order valence-electron chi connectivity index (χ2n) is 12.4. The molecule has 10 nitrogen and oxygen atoms in total. The standard InChI is InChI=1S/C34H45BrN9OP/c1-6-23-20-28(33(45-3)41-32(23)44-16-12-24(13-17-44)43-15-9-14-42(2)18-19-43)39-34-37-21-26(35)31(40-34)38-29-22-36-27-11-8-7-10-25(27)30(29)46(4)5/h7-8,10-11,20-22,24H,6,9,12-19H2,1-5H3,(H2,37,38,39,40). The number of hydrogen-bond donors (Lipinski definition) is 2. The van der Waals surface area contributed by atoms with Crippen molar-refractivity contribution >= 4 is 69.0 Å². The van der Waals surface area contributed by atoms with Crippen LogP contribution in [0.3, 0.4) is 0 Å². The van der Waals surface area contributed by atoms with Gasteiger partial charge in [0, 0.05) is 49.1 Å². The van der Waals surface area contributed by atoms with Gasteiger partial charge in [-0.1, -0.05) is 33.0 Å². The van der Waals surface area contributed by atoms with E-state index in [9.17, 15) is 0 Å². The van der Waals surface area contributed by atoms with Crippen molar-refractivity contribution in [2.45, 2.75) is 38.6 Å². The van der Waals surface area contributed by atoms with E-state index in [2.05, 4.69) is 97.8 Å². The van der Waals surface area contributed by atoms with Gasteiger partial charge in [0.25, 0.3) is 0 Å². The number of nitrogens with zero attached hydrogens (tertiary/aromatic N) is 7. The third-order valence-electron chi connectivity index (χ3n) is 9.09. The van der Waals surface area contributed by atoms with Crippen molar-refractivity contribution in [2.75, 3.05) is 82.3 Å². The minimum absolute atomic E-state index is 0.409. The Hall–Kier alpha value is -3.11. The number of rotatable bonds is 9. The molecule has 244 valence electrons. The Morgan fingerprint density at radius 1 is 0.957 bits per heavy atom. The molecule has 0 atom stereocenters. The lowest BCUT2D eigenvalue weighted by molar-refractivity contribution is 0.174. The highest BCUT2D eigenvalue weighted by Gasteiger charge is 2.28. The molecule has 3 aromatic heterocycles. The monoisotopic (exact) mass is 705 g/mol. The molecular formula is C34H45BrN9OP. The van der Waals surface area contributed by atoms with E-state index in [1.165, 1.54) is 36.9 Å². The van der Waals surface area contributed by atoms with Gasteiger partial charge in [-0.05, 0) is 92.8 Å². The fraction of sp³-hybridized carbons (Fsp3) is 0.471. The Morgan fingerprint density at radius 3 is 2.52 bits per heavy atom. The molecule has 5 heterocycles. The van der Waals surface area contributed by atoms with Crippen LogP contribution in [0.25, 0.3) is 10.9 Å². The van der Waals surface area contributed by atoms with Gasteiger partial charge in [-0.3, -0.25) is 9.88 Å². The fourth-order valence-corrected chi connectivity index (χ4v) is 8.20. The highest BCUT2D eigenvalue weighted by atomic mass is 79.9. The van der Waals surface area contributed by atoms with Crippen LogP contribution in [-0.4, -0.2) is 103 Å². The van der Waals surface area contributed by atoms with Gasteiger partial charge in [-0.2, -0.15) is 9.97 Å². The Labute approximate surface area is 282 Å². The predicted octanol–water partition coefficient (Wildman–Crippen LogP) is 6.21. The van der Waals surface area contributed by atoms with Crippen molar-refractivity contribution in [1.29, 1.82) is 0 Å². The second kappa shape index (κ2) is 14.8. The van der Waals surface area contributed by atoms with Crippen LogP contribution in [0.5, 0.6) is 5.88 Å². The summed E-state index contributed by atoms with van der Waals surface area (Å²) in [6.45, 7) is 13.4. The quantitative estimate of drug-likeness (QED) is 0.196. The molecular weight excluding hydrogens is 661 g/mol. The zero-order valence-electron chi connectivity index (χ0n) is 27.6. The topological polar surface area (TPSA) is 94.6 Å². The maximum atomic E-state index is 5.82. The Morgan fingerprint density at radius 2 is 1.76 bits per heavy atom. The lowest BCUT2D eigenvalue weighted by atomic mass is 10.0. The van der Waals surface area contributed by atoms with Crippen molar-refractivity contribution in [3.8, 4) is 5.88 Å². The van der Waals surface area contributed by atoms with Crippen LogP contribution in [-0.2, 0) is 6.42 Å². The normalized spacial score (nSPS) is 17.0. The molecule has 0 spiro atoms. The minimum Gasteiger partial charge on any atom is -0.479 e. The molecule has 2 aliphatic rings. The van der Waals surface area contributed by atoms with Gasteiger partial charge in [0.2, 0.25) is 11.8 Å². The maximum absolute atomic E-state index is 5.82. The van der Waals surface area contributed by atoms with E-state index in [4.69, 9.17) is 19.7 Å². The molecule has 0 unspecified atom stereocenters. The molecule has 4 aromatic rings. The Kier molecular flexibility index (Phi) is 10.5. The highest BCUT2D eigenvalue weighted by Crippen LogP contribution is 2.36. The number of anilines is 5. The molecule has 0 saturated carbocycles. The van der Waals surface area contributed by atoms with Gasteiger partial charge in [0.05, 0.1) is 29.0 Å². The second-order valence-corrected chi connectivity index (χ2v) is 15.5. The summed E-state index contributed by atoms with van der Waals surface area (Å²) in [4.78, 5) is 26.8. The number of para-hydroxylation sites is 1. The van der Waals surface area contributed by atoms with Crippen LogP contribution in [0.2, 0.25) is 0 Å². The van der Waals surface area contributed by atoms with Crippen molar-refractivity contribution in [3.63, 3.8) is 0 Å². The van der Waals surface area contributed by atoms with E-state index in [1.54, 1.807) is 13.3 Å². The van der Waals surface area contributed by atoms with E-state index in [0.29, 0.717) is 23.7 Å². The van der Waals surface area contributed by atoms with Gasteiger partial charge in [0.1, 0.15) is 17.3 Å². The van der Waals surface area contributed by atoms with Gasteiger partial charge >= 0.3 is 0 Å². The first-order valence-electron chi connectivity index (χ1n) is 16.2. The largest absolute Gasteiger partial charge is 0.479 e. The van der Waals surface area contributed by atoms with Crippen LogP contribution in [0.4, 0.5) is 29.0 Å². The molecule has 2 fully saturated rings. The third kappa shape index (κ3) is 7.23. The first-order valence-corrected chi connectivity index (χ1v) is 19.2. The van der Waals surface area contributed by atoms with Crippen LogP contribution in [0.1, 0.15) is 31.7 Å². The average Bonchev–Trinajstić information content (AvgIpc) is 3.30. The number of ether oxygens (including phenoxy) is 1. The number of benzene rings is 1. The molecule has 12 heteroatoms. The molecule has 6 rings (SSSR count). The van der Waals surface area contributed by atoms with Crippen LogP contribution < -0.4 is 25.6 Å². The molecule has 0 aliphatic carbocycles. The molecule has 2 aliphatic heterocycles. The first kappa shape index (κ1) is 32.8. The number of methoxy groups -OCH3 is 1. The van der Waals surface area contributed by atoms with Crippen molar-refractivity contribution in [3.05, 3.63) is 52.8 Å². The average molecular weight is 707 g/mol. The van der Waals surface area contributed by atoms with Crippen molar-refractivity contribution < 1.29 is 4.74 Å². The van der Waals surface area contributed by atoms with Crippen molar-refractivity contribution in [2.24, 2.45) is 0 Å². The summed E-state index contributed by atoms with van der Waals surface area (Å²) in [5.74, 6) is 2.67. The number of aromatic nitrogens is 4. The summed E-state index contributed by atoms with van der Waals surface area (Å²) in [6.07, 6.45) is 8.09. The maximum Gasteiger partial charge on any atom is 0.239 e. The number of aryl methyl sites for hydroxylation is 1. The SMILES string of the molecule is CCc1cc(Nc2ncc(Br)c(Nc3cnc4ccccc4c3P(C)C)n2)c(OC)nc1N1CCC(N2CCCN(C)CC2)CC1. The fourth-order valence-electron chi connectivity index (χ4n) is 6.65. The molecule has 46 heavy (non-hydrogen) atoms. The van der Waals surface area contributed by atoms with E-state index in [1.807, 2.05) is 12.3 Å². The van der Waals surface area contributed by atoms with Gasteiger partial charge in [-0.15, -0.1) is 0 Å². The number of nitrogens with one attached hydrogen (secondary N) is 2. The van der Waals surface area contributed by atoms with Gasteiger partial charge in [-0.25, -0.2) is 4.98 Å². The molecule has 0 radical (unpaired) electrons. The van der Waals surface area contributed by atoms with Gasteiger partial charge in [0.15, 0.2) is 0 Å². The number of piperidine rings is 1. The zero-order chi connectivity index (χ0) is 32.2. The lowest BCUT2D eigenvalue weighted by Crippen LogP contribution is -2.46. The van der Waals surface area contributed by atoms with Gasteiger partial charge < -0.3 is 25.2 Å². The van der Waals surface area contributed by atoms with E-state index >= 15 is 0 Å². The lowest BCUT2D eigenvalue weighted by Gasteiger charge is -2.39. The summed E-state index contributed by atoms with van der Waals surface area (Å²) in [5, 5.41) is 9.35. The molecule has 2 saturated heterocycles. The minimum atomic E-state index is -0.409. The Bertz CT molecular complexity index is 1660. The number of halogens is 1. The number of fused-ring (bicyclic) bond motifs is 1. The summed E-state index contributed by atoms with van der Waals surface area (Å²) < 4.78 is 6.58. The van der Waals surface area contributed by atoms with Crippen LogP contribution in [0, 0.1) is 0 Å². The Balaban J connectivity index is 1.20. The summed E-state index contributed by atoms with van der Waals surface area (Å²) in [6, 6.07) is 11.1. The molecule has 0 amide bonds. The number of pyridine rings is 2. The first-order chi connectivity index (χ1) is 22.3. The molecule has 2 N–H and O–H groups in total. The van der Waals surface area contributed by atoms with Crippen LogP contribution in [0.15, 0.2) is 47.2 Å². The number of likely N-dealkylation sites (N-methyl/N-ethyl adjacent to an activating group) is 1. The third-order valence-corrected chi connectivity index (χ3v) is 11.0. The van der Waals surface area contributed by atoms with E-state index in [0.717, 1.165) is 71.5 Å². The zero-order valence-corrected chi connectivity index (χ0v) is 30.0. The van der Waals surface area contributed by atoms with E-state index < -0.39 is 7.92 Å². The summed E-state index contributed by atoms with van der Waals surface area (Å²) in [7, 11) is 3.50. The van der Waals surface area contributed by atoms with Crippen LogP contribution >= 0.6 is 23.9 Å². The highest BCUT2D eigenvalue weighted by molar-refractivity contribution is 9.10. The summed E-state index contributed by atoms with van der Waals surface area (Å²) in [5.41, 5.74) is 3.87. The molecule has 1 aromatic carbocycles.